The maximum Gasteiger partial charge on any atom is 0.139 e. The van der Waals surface area contributed by atoms with Crippen LogP contribution in [0, 0.1) is 17.3 Å². The Balaban J connectivity index is 1.89. The van der Waals surface area contributed by atoms with Crippen LogP contribution in [0.15, 0.2) is 37.0 Å². The summed E-state index contributed by atoms with van der Waals surface area (Å²) in [6.45, 7) is 6.04. The average molecular weight is 347 g/mol. The van der Waals surface area contributed by atoms with E-state index >= 15 is 0 Å². The molecular formula is C22H34O3. The first-order chi connectivity index (χ1) is 12.0. The number of ketones is 1. The Morgan fingerprint density at radius 2 is 2.08 bits per heavy atom. The summed E-state index contributed by atoms with van der Waals surface area (Å²) in [6, 6.07) is 0. The number of hydrogen-bond acceptors (Lipinski definition) is 3. The van der Waals surface area contributed by atoms with Crippen LogP contribution in [-0.2, 0) is 4.79 Å². The van der Waals surface area contributed by atoms with Crippen LogP contribution in [0.1, 0.15) is 64.7 Å². The van der Waals surface area contributed by atoms with Gasteiger partial charge in [-0.15, -0.1) is 6.58 Å². The van der Waals surface area contributed by atoms with Crippen molar-refractivity contribution in [3.63, 3.8) is 0 Å². The highest BCUT2D eigenvalue weighted by Crippen LogP contribution is 2.46. The highest BCUT2D eigenvalue weighted by molar-refractivity contribution is 5.84. The van der Waals surface area contributed by atoms with Crippen molar-refractivity contribution in [3.05, 3.63) is 37.0 Å². The average Bonchev–Trinajstić information content (AvgIpc) is 2.81. The zero-order chi connectivity index (χ0) is 18.3. The van der Waals surface area contributed by atoms with Crippen LogP contribution >= 0.6 is 0 Å². The van der Waals surface area contributed by atoms with Gasteiger partial charge < -0.3 is 10.2 Å². The monoisotopic (exact) mass is 346 g/mol. The molecule has 2 aliphatic carbocycles. The Morgan fingerprint density at radius 3 is 2.68 bits per heavy atom. The second kappa shape index (κ2) is 9.49. The van der Waals surface area contributed by atoms with Gasteiger partial charge in [-0.1, -0.05) is 56.6 Å². The number of rotatable bonds is 10. The third-order valence-corrected chi connectivity index (χ3v) is 6.09. The summed E-state index contributed by atoms with van der Waals surface area (Å²) in [5.74, 6) is -0.0978. The lowest BCUT2D eigenvalue weighted by atomic mass is 9.64. The van der Waals surface area contributed by atoms with Crippen molar-refractivity contribution in [1.82, 2.24) is 0 Å². The fourth-order valence-corrected chi connectivity index (χ4v) is 4.07. The molecule has 2 saturated carbocycles. The van der Waals surface area contributed by atoms with Gasteiger partial charge in [0, 0.05) is 23.7 Å². The van der Waals surface area contributed by atoms with Gasteiger partial charge >= 0.3 is 0 Å². The normalized spacial score (nSPS) is 30.0. The molecule has 0 aromatic rings. The Hall–Kier alpha value is -1.19. The predicted molar refractivity (Wildman–Crippen MR) is 102 cm³/mol. The molecule has 140 valence electrons. The van der Waals surface area contributed by atoms with Crippen LogP contribution in [0.5, 0.6) is 0 Å². The van der Waals surface area contributed by atoms with Gasteiger partial charge in [0.15, 0.2) is 0 Å². The molecule has 0 heterocycles. The minimum Gasteiger partial charge on any atom is -0.392 e. The van der Waals surface area contributed by atoms with Gasteiger partial charge in [0.25, 0.3) is 0 Å². The summed E-state index contributed by atoms with van der Waals surface area (Å²) < 4.78 is 0. The molecule has 2 aliphatic rings. The number of aliphatic hydroxyl groups is 2. The summed E-state index contributed by atoms with van der Waals surface area (Å²) in [6.07, 6.45) is 17.1. The largest absolute Gasteiger partial charge is 0.392 e. The van der Waals surface area contributed by atoms with Gasteiger partial charge in [-0.25, -0.2) is 0 Å². The van der Waals surface area contributed by atoms with Crippen molar-refractivity contribution in [2.45, 2.75) is 76.9 Å². The van der Waals surface area contributed by atoms with Crippen molar-refractivity contribution in [1.29, 1.82) is 0 Å². The minimum absolute atomic E-state index is 0.127. The number of allylic oxidation sites excluding steroid dienone is 2. The first-order valence-corrected chi connectivity index (χ1v) is 9.88. The smallest absolute Gasteiger partial charge is 0.139 e. The van der Waals surface area contributed by atoms with Gasteiger partial charge in [0.2, 0.25) is 0 Å². The van der Waals surface area contributed by atoms with E-state index in [1.165, 1.54) is 12.8 Å². The molecule has 0 amide bonds. The Bertz CT molecular complexity index is 501. The molecule has 0 aromatic carbocycles. The van der Waals surface area contributed by atoms with E-state index in [2.05, 4.69) is 25.7 Å². The van der Waals surface area contributed by atoms with E-state index in [9.17, 15) is 15.0 Å². The Kier molecular flexibility index (Phi) is 7.64. The molecule has 3 heteroatoms. The molecule has 2 fully saturated rings. The summed E-state index contributed by atoms with van der Waals surface area (Å²) >= 11 is 0. The van der Waals surface area contributed by atoms with Crippen molar-refractivity contribution in [2.24, 2.45) is 17.3 Å². The maximum atomic E-state index is 12.2. The number of carbonyl (C=O) groups is 1. The van der Waals surface area contributed by atoms with Crippen molar-refractivity contribution in [3.8, 4) is 0 Å². The molecule has 0 radical (unpaired) electrons. The number of Topliss-reactive ketones (excluding diaryl/α,β-unsaturated/α-hetero) is 1. The van der Waals surface area contributed by atoms with Gasteiger partial charge in [0.05, 0.1) is 12.2 Å². The second-order valence-electron chi connectivity index (χ2n) is 7.74. The molecule has 4 atom stereocenters. The van der Waals surface area contributed by atoms with Crippen molar-refractivity contribution >= 4 is 5.78 Å². The van der Waals surface area contributed by atoms with E-state index < -0.39 is 12.2 Å². The summed E-state index contributed by atoms with van der Waals surface area (Å²) in [5.41, 5.74) is -0.129. The fraction of sp³-hybridized carbons (Fsp3) is 0.682. The molecule has 2 rings (SSSR count). The van der Waals surface area contributed by atoms with Crippen molar-refractivity contribution in [2.75, 3.05) is 0 Å². The van der Waals surface area contributed by atoms with Crippen LogP contribution in [0.4, 0.5) is 0 Å². The van der Waals surface area contributed by atoms with E-state index in [1.807, 2.05) is 18.2 Å². The molecule has 0 saturated heterocycles. The molecule has 2 N–H and O–H groups in total. The Morgan fingerprint density at radius 1 is 1.32 bits per heavy atom. The van der Waals surface area contributed by atoms with Gasteiger partial charge in [-0.2, -0.15) is 0 Å². The topological polar surface area (TPSA) is 57.5 Å². The maximum absolute atomic E-state index is 12.2. The van der Waals surface area contributed by atoms with Crippen LogP contribution in [-0.4, -0.2) is 28.2 Å². The van der Waals surface area contributed by atoms with E-state index in [1.54, 1.807) is 0 Å². The molecule has 1 unspecified atom stereocenters. The number of carbonyl (C=O) groups excluding carboxylic acids is 1. The minimum atomic E-state index is -0.591. The van der Waals surface area contributed by atoms with Crippen LogP contribution in [0.3, 0.4) is 0 Å². The molecule has 0 aliphatic heterocycles. The lowest BCUT2D eigenvalue weighted by Gasteiger charge is -2.43. The first-order valence-electron chi connectivity index (χ1n) is 9.88. The SMILES string of the molecule is C=CC1(C(O)C/C=C/[C@H]2[C@H](O)CC(=O)[C@@H]2C/C=C\CCCC)CCC1. The molecular weight excluding hydrogens is 312 g/mol. The van der Waals surface area contributed by atoms with Crippen LogP contribution < -0.4 is 0 Å². The van der Waals surface area contributed by atoms with E-state index in [0.717, 1.165) is 25.7 Å². The number of unbranched alkanes of at least 4 members (excludes halogenated alkanes) is 2. The number of aliphatic hydroxyl groups excluding tert-OH is 2. The summed E-state index contributed by atoms with van der Waals surface area (Å²) in [4.78, 5) is 12.2. The number of hydrogen-bond donors (Lipinski definition) is 2. The quantitative estimate of drug-likeness (QED) is 0.457. The van der Waals surface area contributed by atoms with E-state index in [4.69, 9.17) is 0 Å². The summed E-state index contributed by atoms with van der Waals surface area (Å²) in [7, 11) is 0. The third-order valence-electron chi connectivity index (χ3n) is 6.09. The molecule has 3 nitrogen and oxygen atoms in total. The molecule has 0 spiro atoms. The standard InChI is InChI=1S/C22H34O3/c1-3-5-6-7-8-11-17-18(20(24)16-19(17)23)12-9-13-21(25)22(4-2)14-10-15-22/h4,7-9,12,17-18,20-21,24-25H,2-3,5-6,10-11,13-16H2,1H3/b8-7-,12-9+/t17-,18-,20-,21?/m1/s1. The van der Waals surface area contributed by atoms with Crippen LogP contribution in [0.25, 0.3) is 0 Å². The van der Waals surface area contributed by atoms with Gasteiger partial charge in [-0.05, 0) is 32.1 Å². The highest BCUT2D eigenvalue weighted by atomic mass is 16.3. The lowest BCUT2D eigenvalue weighted by molar-refractivity contribution is -0.121. The van der Waals surface area contributed by atoms with Gasteiger partial charge in [-0.3, -0.25) is 4.79 Å². The first kappa shape index (κ1) is 20.1. The zero-order valence-corrected chi connectivity index (χ0v) is 15.6. The predicted octanol–water partition coefficient (Wildman–Crippen LogP) is 4.35. The summed E-state index contributed by atoms with van der Waals surface area (Å²) in [5, 5.41) is 20.7. The molecule has 0 aromatic heterocycles. The lowest BCUT2D eigenvalue weighted by Crippen LogP contribution is -2.39. The third kappa shape index (κ3) is 4.92. The van der Waals surface area contributed by atoms with Crippen molar-refractivity contribution < 1.29 is 15.0 Å². The highest BCUT2D eigenvalue weighted by Gasteiger charge is 2.41. The fourth-order valence-electron chi connectivity index (χ4n) is 4.07. The molecule has 25 heavy (non-hydrogen) atoms. The Labute approximate surface area is 152 Å². The van der Waals surface area contributed by atoms with Gasteiger partial charge in [0.1, 0.15) is 5.78 Å². The second-order valence-corrected chi connectivity index (χ2v) is 7.74. The van der Waals surface area contributed by atoms with E-state index in [0.29, 0.717) is 12.8 Å². The zero-order valence-electron chi connectivity index (χ0n) is 15.6. The van der Waals surface area contributed by atoms with E-state index in [-0.39, 0.29) is 29.5 Å². The van der Waals surface area contributed by atoms with Crippen LogP contribution in [0.2, 0.25) is 0 Å². The molecule has 0 bridgehead atoms.